The van der Waals surface area contributed by atoms with Gasteiger partial charge in [0.15, 0.2) is 6.10 Å². The molecule has 7 unspecified atom stereocenters. The molecule has 1 aliphatic rings. The average molecular weight is 756 g/mol. The second-order valence-corrected chi connectivity index (χ2v) is 15.9. The lowest BCUT2D eigenvalue weighted by atomic mass is 9.92. The molecule has 1 aromatic carbocycles. The van der Waals surface area contributed by atoms with Crippen LogP contribution in [0.2, 0.25) is 0 Å². The van der Waals surface area contributed by atoms with Gasteiger partial charge in [0.05, 0.1) is 12.0 Å². The zero-order chi connectivity index (χ0) is 39.2. The van der Waals surface area contributed by atoms with E-state index in [1.165, 1.54) is 11.3 Å². The lowest BCUT2D eigenvalue weighted by Crippen LogP contribution is -2.58. The van der Waals surface area contributed by atoms with Crippen molar-refractivity contribution >= 4 is 41.0 Å². The number of hydrogen-bond acceptors (Lipinski definition) is 9. The van der Waals surface area contributed by atoms with Gasteiger partial charge in [0, 0.05) is 37.4 Å². The molecule has 12 nitrogen and oxygen atoms in total. The highest BCUT2D eigenvalue weighted by molar-refractivity contribution is 7.09. The Morgan fingerprint density at radius 1 is 1.04 bits per heavy atom. The lowest BCUT2D eigenvalue weighted by Gasteiger charge is -2.38. The SMILES string of the molecule is CCCC(=O)OC(CC(C(C)C)N(C)C(=O)C(NC(=O)C1CCCCN1C)C(C)CC)c1nc(C(=O)NC(Cc2ccccc2)CC(C)C(=O)O)cs1. The first kappa shape index (κ1) is 43.6. The predicted octanol–water partition coefficient (Wildman–Crippen LogP) is 5.87. The van der Waals surface area contributed by atoms with E-state index in [1.807, 2.05) is 72.0 Å². The van der Waals surface area contributed by atoms with Crippen molar-refractivity contribution in [3.8, 4) is 0 Å². The van der Waals surface area contributed by atoms with Crippen LogP contribution < -0.4 is 10.6 Å². The minimum atomic E-state index is -0.942. The molecule has 7 atom stereocenters. The number of nitrogens with zero attached hydrogens (tertiary/aromatic N) is 3. The van der Waals surface area contributed by atoms with Gasteiger partial charge in [0.25, 0.3) is 5.91 Å². The van der Waals surface area contributed by atoms with Crippen molar-refractivity contribution in [2.24, 2.45) is 17.8 Å². The van der Waals surface area contributed by atoms with Gasteiger partial charge in [-0.3, -0.25) is 28.9 Å². The van der Waals surface area contributed by atoms with Gasteiger partial charge in [-0.05, 0) is 63.1 Å². The number of hydrogen-bond donors (Lipinski definition) is 3. The number of carboxylic acid groups (broad SMARTS) is 1. The standard InChI is InChI=1S/C40H61N5O7S/c1-9-16-34(46)52-33(38-42-30(24-53-38)36(47)41-29(21-27(6)40(50)51)22-28-17-12-11-13-18-28)23-32(25(3)4)45(8)39(49)35(26(5)10-2)43-37(48)31-19-14-15-20-44(31)7/h11-13,17-18,24-27,29,31-33,35H,9-10,14-16,19-23H2,1-8H3,(H,41,47)(H,43,48)(H,50,51). The minimum Gasteiger partial charge on any atom is -0.481 e. The number of nitrogens with one attached hydrogen (secondary N) is 2. The van der Waals surface area contributed by atoms with Crippen LogP contribution in [0, 0.1) is 17.8 Å². The quantitative estimate of drug-likeness (QED) is 0.141. The highest BCUT2D eigenvalue weighted by atomic mass is 32.1. The van der Waals surface area contributed by atoms with Gasteiger partial charge < -0.3 is 25.4 Å². The number of ether oxygens (including phenoxy) is 1. The number of piperidine rings is 1. The summed E-state index contributed by atoms with van der Waals surface area (Å²) < 4.78 is 6.00. The van der Waals surface area contributed by atoms with Crippen molar-refractivity contribution in [2.75, 3.05) is 20.6 Å². The van der Waals surface area contributed by atoms with Gasteiger partial charge in [0.2, 0.25) is 11.8 Å². The van der Waals surface area contributed by atoms with E-state index in [-0.39, 0.29) is 54.6 Å². The van der Waals surface area contributed by atoms with E-state index in [4.69, 9.17) is 4.74 Å². The summed E-state index contributed by atoms with van der Waals surface area (Å²) in [5.41, 5.74) is 1.10. The number of carbonyl (C=O) groups is 5. The van der Waals surface area contributed by atoms with Gasteiger partial charge in [-0.25, -0.2) is 4.98 Å². The number of benzene rings is 1. The Morgan fingerprint density at radius 2 is 1.74 bits per heavy atom. The molecule has 1 saturated heterocycles. The number of aliphatic carboxylic acids is 1. The Morgan fingerprint density at radius 3 is 2.34 bits per heavy atom. The van der Waals surface area contributed by atoms with Crippen molar-refractivity contribution < 1.29 is 33.8 Å². The number of carbonyl (C=O) groups excluding carboxylic acids is 4. The van der Waals surface area contributed by atoms with E-state index in [9.17, 15) is 29.1 Å². The molecule has 0 bridgehead atoms. The van der Waals surface area contributed by atoms with Crippen molar-refractivity contribution in [1.29, 1.82) is 0 Å². The lowest BCUT2D eigenvalue weighted by molar-refractivity contribution is -0.151. The molecular weight excluding hydrogens is 695 g/mol. The number of thiazole rings is 1. The predicted molar refractivity (Wildman–Crippen MR) is 206 cm³/mol. The number of rotatable bonds is 20. The summed E-state index contributed by atoms with van der Waals surface area (Å²) in [7, 11) is 3.68. The summed E-state index contributed by atoms with van der Waals surface area (Å²) in [4.78, 5) is 74.3. The molecular formula is C40H61N5O7S. The average Bonchev–Trinajstić information content (AvgIpc) is 3.62. The molecule has 3 amide bonds. The number of aromatic nitrogens is 1. The van der Waals surface area contributed by atoms with Crippen molar-refractivity contribution in [1.82, 2.24) is 25.4 Å². The second-order valence-electron chi connectivity index (χ2n) is 15.0. The first-order chi connectivity index (χ1) is 25.2. The van der Waals surface area contributed by atoms with E-state index in [0.29, 0.717) is 24.3 Å². The zero-order valence-corrected chi connectivity index (χ0v) is 33.6. The number of amides is 3. The molecule has 0 radical (unpaired) electrons. The number of carboxylic acids is 1. The second kappa shape index (κ2) is 21.2. The molecule has 294 valence electrons. The molecule has 53 heavy (non-hydrogen) atoms. The third kappa shape index (κ3) is 12.9. The Hall–Kier alpha value is -3.84. The van der Waals surface area contributed by atoms with Gasteiger partial charge in [0.1, 0.15) is 16.7 Å². The van der Waals surface area contributed by atoms with E-state index >= 15 is 0 Å². The molecule has 13 heteroatoms. The molecule has 3 rings (SSSR count). The fraction of sp³-hybridized carbons (Fsp3) is 0.650. The van der Waals surface area contributed by atoms with Crippen LogP contribution in [-0.2, 0) is 30.3 Å². The molecule has 2 heterocycles. The Bertz CT molecular complexity index is 1500. The van der Waals surface area contributed by atoms with Crippen molar-refractivity contribution in [2.45, 2.75) is 130 Å². The van der Waals surface area contributed by atoms with Gasteiger partial charge in [-0.1, -0.05) is 84.7 Å². The van der Waals surface area contributed by atoms with Crippen molar-refractivity contribution in [3.05, 3.63) is 52.0 Å². The van der Waals surface area contributed by atoms with Crippen LogP contribution in [-0.4, -0.2) is 94.4 Å². The highest BCUT2D eigenvalue weighted by Crippen LogP contribution is 2.31. The first-order valence-corrected chi connectivity index (χ1v) is 20.0. The molecule has 0 saturated carbocycles. The van der Waals surface area contributed by atoms with E-state index in [2.05, 4.69) is 20.5 Å². The largest absolute Gasteiger partial charge is 0.481 e. The maximum absolute atomic E-state index is 14.3. The Kier molecular flexibility index (Phi) is 17.4. The van der Waals surface area contributed by atoms with Gasteiger partial charge >= 0.3 is 11.9 Å². The Labute approximate surface area is 319 Å². The molecule has 2 aromatic rings. The fourth-order valence-electron chi connectivity index (χ4n) is 6.86. The smallest absolute Gasteiger partial charge is 0.306 e. The summed E-state index contributed by atoms with van der Waals surface area (Å²) in [6.45, 7) is 12.3. The highest BCUT2D eigenvalue weighted by Gasteiger charge is 2.37. The number of likely N-dealkylation sites (N-methyl/N-ethyl adjacent to an activating group) is 2. The van der Waals surface area contributed by atoms with Crippen LogP contribution in [0.5, 0.6) is 0 Å². The van der Waals surface area contributed by atoms with Crippen LogP contribution in [0.1, 0.15) is 120 Å². The normalized spacial score (nSPS) is 18.2. The van der Waals surface area contributed by atoms with Crippen LogP contribution in [0.25, 0.3) is 0 Å². The summed E-state index contributed by atoms with van der Waals surface area (Å²) in [5.74, 6) is -2.97. The monoisotopic (exact) mass is 755 g/mol. The van der Waals surface area contributed by atoms with Crippen molar-refractivity contribution in [3.63, 3.8) is 0 Å². The maximum Gasteiger partial charge on any atom is 0.306 e. The summed E-state index contributed by atoms with van der Waals surface area (Å²) in [6.07, 6.45) is 4.34. The van der Waals surface area contributed by atoms with Crippen LogP contribution in [0.15, 0.2) is 35.7 Å². The van der Waals surface area contributed by atoms with Gasteiger partial charge in [-0.2, -0.15) is 0 Å². The minimum absolute atomic E-state index is 0.0493. The Balaban J connectivity index is 1.85. The maximum atomic E-state index is 14.3. The van der Waals surface area contributed by atoms with Crippen LogP contribution in [0.4, 0.5) is 0 Å². The van der Waals surface area contributed by atoms with E-state index in [0.717, 1.165) is 31.4 Å². The fourth-order valence-corrected chi connectivity index (χ4v) is 7.70. The van der Waals surface area contributed by atoms with Crippen LogP contribution in [0.3, 0.4) is 0 Å². The third-order valence-electron chi connectivity index (χ3n) is 10.4. The molecule has 0 aliphatic carbocycles. The number of esters is 1. The van der Waals surface area contributed by atoms with Crippen LogP contribution >= 0.6 is 11.3 Å². The van der Waals surface area contributed by atoms with E-state index in [1.54, 1.807) is 24.3 Å². The third-order valence-corrected chi connectivity index (χ3v) is 11.3. The summed E-state index contributed by atoms with van der Waals surface area (Å²) in [6, 6.07) is 7.71. The molecule has 1 fully saturated rings. The summed E-state index contributed by atoms with van der Waals surface area (Å²) in [5, 5.41) is 17.7. The number of likely N-dealkylation sites (tertiary alicyclic amines) is 1. The van der Waals surface area contributed by atoms with E-state index < -0.39 is 48.0 Å². The topological polar surface area (TPSA) is 158 Å². The zero-order valence-electron chi connectivity index (χ0n) is 32.8. The molecule has 1 aliphatic heterocycles. The van der Waals surface area contributed by atoms with Gasteiger partial charge in [-0.15, -0.1) is 11.3 Å². The molecule has 3 N–H and O–H groups in total. The molecule has 1 aromatic heterocycles. The summed E-state index contributed by atoms with van der Waals surface area (Å²) >= 11 is 1.20. The molecule has 0 spiro atoms. The first-order valence-electron chi connectivity index (χ1n) is 19.2.